The van der Waals surface area contributed by atoms with Gasteiger partial charge in [-0.2, -0.15) is 0 Å². The second kappa shape index (κ2) is 6.92. The Balaban J connectivity index is 0. The van der Waals surface area contributed by atoms with Crippen LogP contribution in [-0.4, -0.2) is 12.6 Å². The van der Waals surface area contributed by atoms with Crippen LogP contribution in [0.25, 0.3) is 0 Å². The maximum atomic E-state index is 5.50. The highest BCUT2D eigenvalue weighted by Crippen LogP contribution is 1.88. The average Bonchev–Trinajstić information content (AvgIpc) is 1.68. The highest BCUT2D eigenvalue weighted by Gasteiger charge is 1.92. The maximum absolute atomic E-state index is 5.50. The number of hydrogen-bond acceptors (Lipinski definition) is 2. The third-order valence-electron chi connectivity index (χ3n) is 1.06. The number of rotatable bonds is 3. The van der Waals surface area contributed by atoms with E-state index in [2.05, 4.69) is 6.92 Å². The van der Waals surface area contributed by atoms with E-state index in [1.165, 1.54) is 0 Å². The third kappa shape index (κ3) is 5.92. The number of nitrogens with two attached hydrogens (primary N) is 2. The predicted octanol–water partition coefficient (Wildman–Crippen LogP) is 0.709. The SMILES string of the molecule is C.CCC(N)CCN. The molecular weight excluding hydrogens is 100 g/mol. The zero-order valence-electron chi connectivity index (χ0n) is 4.85. The lowest BCUT2D eigenvalue weighted by Crippen LogP contribution is -2.22. The van der Waals surface area contributed by atoms with E-state index in [0.717, 1.165) is 19.4 Å². The summed E-state index contributed by atoms with van der Waals surface area (Å²) in [6, 6.07) is 0.324. The van der Waals surface area contributed by atoms with Gasteiger partial charge < -0.3 is 11.5 Å². The molecule has 8 heavy (non-hydrogen) atoms. The molecule has 4 N–H and O–H groups in total. The summed E-state index contributed by atoms with van der Waals surface area (Å²) in [6.07, 6.45) is 1.99. The van der Waals surface area contributed by atoms with E-state index in [1.54, 1.807) is 0 Å². The van der Waals surface area contributed by atoms with Crippen molar-refractivity contribution >= 4 is 0 Å². The zero-order chi connectivity index (χ0) is 5.70. The fourth-order valence-corrected chi connectivity index (χ4v) is 0.418. The van der Waals surface area contributed by atoms with Crippen molar-refractivity contribution in [3.8, 4) is 0 Å². The Labute approximate surface area is 52.2 Å². The van der Waals surface area contributed by atoms with Crippen molar-refractivity contribution in [1.82, 2.24) is 0 Å². The third-order valence-corrected chi connectivity index (χ3v) is 1.06. The first-order valence-electron chi connectivity index (χ1n) is 2.77. The van der Waals surface area contributed by atoms with Crippen LogP contribution in [0.4, 0.5) is 0 Å². The summed E-state index contributed by atoms with van der Waals surface area (Å²) in [7, 11) is 0. The van der Waals surface area contributed by atoms with Gasteiger partial charge in [0.2, 0.25) is 0 Å². The molecule has 0 bridgehead atoms. The molecule has 0 aromatic rings. The molecule has 0 aromatic heterocycles. The Morgan fingerprint density at radius 1 is 1.50 bits per heavy atom. The molecule has 1 unspecified atom stereocenters. The van der Waals surface area contributed by atoms with Gasteiger partial charge in [-0.05, 0) is 19.4 Å². The van der Waals surface area contributed by atoms with E-state index in [1.807, 2.05) is 0 Å². The zero-order valence-corrected chi connectivity index (χ0v) is 4.85. The van der Waals surface area contributed by atoms with Crippen molar-refractivity contribution in [3.05, 3.63) is 0 Å². The van der Waals surface area contributed by atoms with Gasteiger partial charge in [-0.1, -0.05) is 14.4 Å². The first-order chi connectivity index (χ1) is 3.31. The van der Waals surface area contributed by atoms with Gasteiger partial charge in [0.05, 0.1) is 0 Å². The van der Waals surface area contributed by atoms with Crippen LogP contribution in [0.5, 0.6) is 0 Å². The minimum Gasteiger partial charge on any atom is -0.330 e. The van der Waals surface area contributed by atoms with Gasteiger partial charge in [0, 0.05) is 6.04 Å². The van der Waals surface area contributed by atoms with Gasteiger partial charge in [-0.15, -0.1) is 0 Å². The molecule has 0 saturated heterocycles. The van der Waals surface area contributed by atoms with Crippen molar-refractivity contribution in [3.63, 3.8) is 0 Å². The normalized spacial score (nSPS) is 12.4. The van der Waals surface area contributed by atoms with Crippen molar-refractivity contribution in [1.29, 1.82) is 0 Å². The summed E-state index contributed by atoms with van der Waals surface area (Å²) in [5.41, 5.74) is 10.7. The molecular formula is C6H18N2. The largest absolute Gasteiger partial charge is 0.330 e. The molecule has 0 aliphatic heterocycles. The second-order valence-electron chi connectivity index (χ2n) is 1.75. The molecule has 0 aromatic carbocycles. The Morgan fingerprint density at radius 3 is 2.12 bits per heavy atom. The highest BCUT2D eigenvalue weighted by molar-refractivity contribution is 4.56. The van der Waals surface area contributed by atoms with E-state index >= 15 is 0 Å². The monoisotopic (exact) mass is 118 g/mol. The summed E-state index contributed by atoms with van der Waals surface area (Å²) in [4.78, 5) is 0. The summed E-state index contributed by atoms with van der Waals surface area (Å²) in [5.74, 6) is 0. The van der Waals surface area contributed by atoms with E-state index in [4.69, 9.17) is 11.5 Å². The lowest BCUT2D eigenvalue weighted by molar-refractivity contribution is 0.604. The van der Waals surface area contributed by atoms with E-state index in [0.29, 0.717) is 6.04 Å². The second-order valence-corrected chi connectivity index (χ2v) is 1.75. The first kappa shape index (κ1) is 10.8. The van der Waals surface area contributed by atoms with Crippen molar-refractivity contribution in [2.24, 2.45) is 11.5 Å². The smallest absolute Gasteiger partial charge is 0.00482 e. The van der Waals surface area contributed by atoms with E-state index < -0.39 is 0 Å². The molecule has 0 heterocycles. The minimum atomic E-state index is 0. The fraction of sp³-hybridized carbons (Fsp3) is 1.00. The van der Waals surface area contributed by atoms with Crippen molar-refractivity contribution in [2.75, 3.05) is 6.54 Å². The molecule has 0 radical (unpaired) electrons. The Hall–Kier alpha value is -0.0800. The molecule has 0 spiro atoms. The van der Waals surface area contributed by atoms with Gasteiger partial charge in [-0.25, -0.2) is 0 Å². The summed E-state index contributed by atoms with van der Waals surface area (Å²) in [5, 5.41) is 0. The summed E-state index contributed by atoms with van der Waals surface area (Å²) >= 11 is 0. The molecule has 2 heteroatoms. The Morgan fingerprint density at radius 2 is 2.00 bits per heavy atom. The lowest BCUT2D eigenvalue weighted by Gasteiger charge is -2.03. The average molecular weight is 118 g/mol. The lowest BCUT2D eigenvalue weighted by atomic mass is 10.2. The topological polar surface area (TPSA) is 52.0 Å². The van der Waals surface area contributed by atoms with Crippen molar-refractivity contribution in [2.45, 2.75) is 33.2 Å². The van der Waals surface area contributed by atoms with Crippen LogP contribution in [0.2, 0.25) is 0 Å². The summed E-state index contributed by atoms with van der Waals surface area (Å²) < 4.78 is 0. The van der Waals surface area contributed by atoms with Crippen LogP contribution < -0.4 is 11.5 Å². The Kier molecular flexibility index (Phi) is 9.36. The van der Waals surface area contributed by atoms with Gasteiger partial charge in [0.25, 0.3) is 0 Å². The molecule has 1 atom stereocenters. The standard InChI is InChI=1S/C5H14N2.CH4/c1-2-5(7)3-4-6;/h5H,2-4,6-7H2,1H3;1H4. The quantitative estimate of drug-likeness (QED) is 0.573. The van der Waals surface area contributed by atoms with Gasteiger partial charge in [0.1, 0.15) is 0 Å². The summed E-state index contributed by atoms with van der Waals surface area (Å²) in [6.45, 7) is 2.79. The van der Waals surface area contributed by atoms with Crippen LogP contribution >= 0.6 is 0 Å². The minimum absolute atomic E-state index is 0. The fourth-order valence-electron chi connectivity index (χ4n) is 0.418. The molecule has 0 aliphatic rings. The molecule has 0 amide bonds. The van der Waals surface area contributed by atoms with Crippen LogP contribution in [0.15, 0.2) is 0 Å². The Bertz CT molecular complexity index is 37.5. The van der Waals surface area contributed by atoms with Crippen LogP contribution in [0, 0.1) is 0 Å². The number of hydrogen-bond donors (Lipinski definition) is 2. The van der Waals surface area contributed by atoms with Gasteiger partial charge >= 0.3 is 0 Å². The molecule has 0 aliphatic carbocycles. The first-order valence-corrected chi connectivity index (χ1v) is 2.77. The van der Waals surface area contributed by atoms with E-state index in [-0.39, 0.29) is 7.43 Å². The van der Waals surface area contributed by atoms with Crippen LogP contribution in [-0.2, 0) is 0 Å². The molecule has 0 rings (SSSR count). The molecule has 0 saturated carbocycles. The van der Waals surface area contributed by atoms with Crippen LogP contribution in [0.3, 0.4) is 0 Å². The molecule has 2 nitrogen and oxygen atoms in total. The van der Waals surface area contributed by atoms with E-state index in [9.17, 15) is 0 Å². The molecule has 0 fully saturated rings. The maximum Gasteiger partial charge on any atom is 0.00482 e. The molecule has 52 valence electrons. The van der Waals surface area contributed by atoms with Gasteiger partial charge in [0.15, 0.2) is 0 Å². The predicted molar refractivity (Wildman–Crippen MR) is 38.7 cm³/mol. The van der Waals surface area contributed by atoms with Crippen molar-refractivity contribution < 1.29 is 0 Å². The van der Waals surface area contributed by atoms with Gasteiger partial charge in [-0.3, -0.25) is 0 Å². The highest BCUT2D eigenvalue weighted by atomic mass is 14.6. The van der Waals surface area contributed by atoms with Crippen LogP contribution in [0.1, 0.15) is 27.2 Å².